The van der Waals surface area contributed by atoms with E-state index in [1.165, 1.54) is 6.33 Å². The third-order valence-electron chi connectivity index (χ3n) is 2.76. The Balaban J connectivity index is 2.15. The lowest BCUT2D eigenvalue weighted by Crippen LogP contribution is -2.27. The van der Waals surface area contributed by atoms with Crippen molar-refractivity contribution in [2.24, 2.45) is 0 Å². The van der Waals surface area contributed by atoms with Crippen molar-refractivity contribution in [2.75, 3.05) is 18.9 Å². The zero-order valence-corrected chi connectivity index (χ0v) is 11.8. The van der Waals surface area contributed by atoms with Gasteiger partial charge < -0.3 is 10.2 Å². The maximum atomic E-state index is 12.4. The van der Waals surface area contributed by atoms with Gasteiger partial charge in [0.15, 0.2) is 0 Å². The van der Waals surface area contributed by atoms with Gasteiger partial charge in [-0.25, -0.2) is 9.97 Å². The molecule has 0 bridgehead atoms. The Morgan fingerprint density at radius 3 is 2.90 bits per heavy atom. The van der Waals surface area contributed by atoms with Crippen molar-refractivity contribution in [2.45, 2.75) is 20.4 Å². The van der Waals surface area contributed by atoms with Crippen LogP contribution in [0.5, 0.6) is 0 Å². The van der Waals surface area contributed by atoms with Gasteiger partial charge in [0.05, 0.1) is 6.54 Å². The number of carbonyl (C=O) groups excluding carboxylic acids is 1. The lowest BCUT2D eigenvalue weighted by molar-refractivity contribution is 0.0781. The minimum absolute atomic E-state index is 0.0777. The maximum absolute atomic E-state index is 12.4. The Labute approximate surface area is 117 Å². The predicted molar refractivity (Wildman–Crippen MR) is 75.3 cm³/mol. The summed E-state index contributed by atoms with van der Waals surface area (Å²) in [6.07, 6.45) is 1.42. The summed E-state index contributed by atoms with van der Waals surface area (Å²) in [5.41, 5.74) is 1.41. The van der Waals surface area contributed by atoms with E-state index < -0.39 is 0 Å². The van der Waals surface area contributed by atoms with Gasteiger partial charge in [-0.1, -0.05) is 0 Å². The van der Waals surface area contributed by atoms with Crippen LogP contribution < -0.4 is 5.32 Å². The van der Waals surface area contributed by atoms with Crippen LogP contribution in [-0.4, -0.2) is 44.6 Å². The number of aryl methyl sites for hydroxylation is 1. The highest BCUT2D eigenvalue weighted by atomic mass is 16.2. The Kier molecular flexibility index (Phi) is 4.29. The van der Waals surface area contributed by atoms with E-state index in [4.69, 9.17) is 0 Å². The molecule has 2 N–H and O–H groups in total. The zero-order chi connectivity index (χ0) is 14.5. The number of rotatable bonds is 5. The standard InChI is InChI=1S/C13H18N6O/c1-4-14-11-6-10(5-9(2)17-11)13(20)19(3)7-12-15-8-16-18-12/h5-6,8H,4,7H2,1-3H3,(H,14,17)(H,15,16,18). The predicted octanol–water partition coefficient (Wildman–Crippen LogP) is 1.21. The summed E-state index contributed by atoms with van der Waals surface area (Å²) in [6.45, 7) is 5.00. The van der Waals surface area contributed by atoms with E-state index in [1.807, 2.05) is 13.8 Å². The van der Waals surface area contributed by atoms with E-state index >= 15 is 0 Å². The summed E-state index contributed by atoms with van der Waals surface area (Å²) in [7, 11) is 1.73. The summed E-state index contributed by atoms with van der Waals surface area (Å²) in [4.78, 5) is 22.3. The van der Waals surface area contributed by atoms with Crippen LogP contribution >= 0.6 is 0 Å². The molecule has 7 nitrogen and oxygen atoms in total. The molecule has 0 atom stereocenters. The van der Waals surface area contributed by atoms with Crippen molar-refractivity contribution in [1.29, 1.82) is 0 Å². The second kappa shape index (κ2) is 6.14. The molecule has 0 unspecified atom stereocenters. The fourth-order valence-corrected chi connectivity index (χ4v) is 1.89. The SMILES string of the molecule is CCNc1cc(C(=O)N(C)Cc2ncn[nH]2)cc(C)n1. The second-order valence-electron chi connectivity index (χ2n) is 4.51. The fraction of sp³-hybridized carbons (Fsp3) is 0.385. The van der Waals surface area contributed by atoms with Crippen LogP contribution in [0.2, 0.25) is 0 Å². The molecule has 0 aliphatic carbocycles. The first-order chi connectivity index (χ1) is 9.60. The molecule has 0 fully saturated rings. The molecule has 0 aliphatic heterocycles. The Morgan fingerprint density at radius 2 is 2.25 bits per heavy atom. The molecule has 0 aliphatic rings. The number of carbonyl (C=O) groups is 1. The van der Waals surface area contributed by atoms with Gasteiger partial charge in [-0.3, -0.25) is 9.89 Å². The number of hydrogen-bond acceptors (Lipinski definition) is 5. The lowest BCUT2D eigenvalue weighted by Gasteiger charge is -2.16. The molecule has 0 aromatic carbocycles. The Bertz CT molecular complexity index is 581. The van der Waals surface area contributed by atoms with Gasteiger partial charge in [0.2, 0.25) is 0 Å². The summed E-state index contributed by atoms with van der Waals surface area (Å²) >= 11 is 0. The topological polar surface area (TPSA) is 86.8 Å². The number of aromatic nitrogens is 4. The average molecular weight is 274 g/mol. The Morgan fingerprint density at radius 1 is 1.45 bits per heavy atom. The molecule has 2 aromatic heterocycles. The minimum Gasteiger partial charge on any atom is -0.370 e. The molecule has 2 aromatic rings. The van der Waals surface area contributed by atoms with Crippen molar-refractivity contribution in [1.82, 2.24) is 25.1 Å². The van der Waals surface area contributed by atoms with Crippen molar-refractivity contribution in [3.8, 4) is 0 Å². The van der Waals surface area contributed by atoms with E-state index in [0.29, 0.717) is 23.8 Å². The molecule has 7 heteroatoms. The highest BCUT2D eigenvalue weighted by molar-refractivity contribution is 5.94. The first kappa shape index (κ1) is 14.0. The van der Waals surface area contributed by atoms with Crippen LogP contribution in [0.1, 0.15) is 28.8 Å². The third-order valence-corrected chi connectivity index (χ3v) is 2.76. The van der Waals surface area contributed by atoms with Crippen LogP contribution in [0.3, 0.4) is 0 Å². The highest BCUT2D eigenvalue weighted by Crippen LogP contribution is 2.12. The van der Waals surface area contributed by atoms with Gasteiger partial charge in [-0.2, -0.15) is 5.10 Å². The molecular weight excluding hydrogens is 256 g/mol. The minimum atomic E-state index is -0.0777. The summed E-state index contributed by atoms with van der Waals surface area (Å²) in [5, 5.41) is 9.62. The van der Waals surface area contributed by atoms with E-state index in [2.05, 4.69) is 25.5 Å². The van der Waals surface area contributed by atoms with E-state index in [1.54, 1.807) is 24.1 Å². The van der Waals surface area contributed by atoms with Gasteiger partial charge >= 0.3 is 0 Å². The number of pyridine rings is 1. The summed E-state index contributed by atoms with van der Waals surface area (Å²) in [5.74, 6) is 1.29. The van der Waals surface area contributed by atoms with Crippen molar-refractivity contribution in [3.63, 3.8) is 0 Å². The molecule has 0 spiro atoms. The molecule has 2 rings (SSSR count). The van der Waals surface area contributed by atoms with Crippen LogP contribution in [0, 0.1) is 6.92 Å². The molecule has 0 saturated heterocycles. The van der Waals surface area contributed by atoms with Gasteiger partial charge in [0.1, 0.15) is 18.0 Å². The molecule has 20 heavy (non-hydrogen) atoms. The normalized spacial score (nSPS) is 10.3. The summed E-state index contributed by atoms with van der Waals surface area (Å²) in [6, 6.07) is 3.54. The first-order valence-corrected chi connectivity index (χ1v) is 6.42. The highest BCUT2D eigenvalue weighted by Gasteiger charge is 2.14. The lowest BCUT2D eigenvalue weighted by atomic mass is 10.2. The number of H-pyrrole nitrogens is 1. The van der Waals surface area contributed by atoms with Crippen LogP contribution in [0.4, 0.5) is 5.82 Å². The fourth-order valence-electron chi connectivity index (χ4n) is 1.89. The van der Waals surface area contributed by atoms with Crippen LogP contribution in [0.25, 0.3) is 0 Å². The number of nitrogens with zero attached hydrogens (tertiary/aromatic N) is 4. The largest absolute Gasteiger partial charge is 0.370 e. The maximum Gasteiger partial charge on any atom is 0.254 e. The van der Waals surface area contributed by atoms with Gasteiger partial charge in [-0.05, 0) is 26.0 Å². The number of hydrogen-bond donors (Lipinski definition) is 2. The molecule has 2 heterocycles. The van der Waals surface area contributed by atoms with Crippen LogP contribution in [-0.2, 0) is 6.54 Å². The van der Waals surface area contributed by atoms with E-state index in [9.17, 15) is 4.79 Å². The number of nitrogens with one attached hydrogen (secondary N) is 2. The average Bonchev–Trinajstić information content (AvgIpc) is 2.90. The third kappa shape index (κ3) is 3.31. The quantitative estimate of drug-likeness (QED) is 0.856. The van der Waals surface area contributed by atoms with Gasteiger partial charge in [-0.15, -0.1) is 0 Å². The van der Waals surface area contributed by atoms with E-state index in [0.717, 1.165) is 12.2 Å². The molecule has 0 saturated carbocycles. The monoisotopic (exact) mass is 274 g/mol. The molecule has 0 radical (unpaired) electrons. The number of aromatic amines is 1. The zero-order valence-electron chi connectivity index (χ0n) is 11.8. The molecule has 1 amide bonds. The smallest absolute Gasteiger partial charge is 0.254 e. The molecule has 106 valence electrons. The van der Waals surface area contributed by atoms with Crippen molar-refractivity contribution in [3.05, 3.63) is 35.5 Å². The Hall–Kier alpha value is -2.44. The number of amides is 1. The van der Waals surface area contributed by atoms with E-state index in [-0.39, 0.29) is 5.91 Å². The first-order valence-electron chi connectivity index (χ1n) is 6.42. The number of anilines is 1. The van der Waals surface area contributed by atoms with Crippen molar-refractivity contribution < 1.29 is 4.79 Å². The second-order valence-corrected chi connectivity index (χ2v) is 4.51. The van der Waals surface area contributed by atoms with Gasteiger partial charge in [0, 0.05) is 24.8 Å². The van der Waals surface area contributed by atoms with Crippen molar-refractivity contribution >= 4 is 11.7 Å². The van der Waals surface area contributed by atoms with Crippen LogP contribution in [0.15, 0.2) is 18.5 Å². The van der Waals surface area contributed by atoms with Gasteiger partial charge in [0.25, 0.3) is 5.91 Å². The molecular formula is C13H18N6O. The summed E-state index contributed by atoms with van der Waals surface area (Å²) < 4.78 is 0.